The predicted octanol–water partition coefficient (Wildman–Crippen LogP) is 0.962. The first-order valence-electron chi connectivity index (χ1n) is 5.71. The van der Waals surface area contributed by atoms with Crippen LogP contribution in [0.5, 0.6) is 0 Å². The zero-order valence-corrected chi connectivity index (χ0v) is 10.1. The van der Waals surface area contributed by atoms with Gasteiger partial charge in [0, 0.05) is 31.4 Å². The number of hydrogen-bond donors (Lipinski definition) is 1. The van der Waals surface area contributed by atoms with Crippen LogP contribution in [0, 0.1) is 0 Å². The molecule has 2 unspecified atom stereocenters. The monoisotopic (exact) mass is 228 g/mol. The van der Waals surface area contributed by atoms with E-state index >= 15 is 0 Å². The number of rotatable bonds is 2. The smallest absolute Gasteiger partial charge is 0.0721 e. The van der Waals surface area contributed by atoms with Crippen LogP contribution in [-0.4, -0.2) is 58.9 Å². The third-order valence-corrected chi connectivity index (χ3v) is 4.37. The topological polar surface area (TPSA) is 26.7 Å². The van der Waals surface area contributed by atoms with Gasteiger partial charge in [0.25, 0.3) is 0 Å². The molecule has 0 aromatic heterocycles. The Labute approximate surface area is 96.3 Å². The van der Waals surface area contributed by atoms with Gasteiger partial charge in [0.05, 0.1) is 6.10 Å². The molecule has 2 aliphatic rings. The molecule has 2 rings (SSSR count). The lowest BCUT2D eigenvalue weighted by atomic mass is 10.1. The molecule has 1 aliphatic heterocycles. The molecular weight excluding hydrogens is 208 g/mol. The first-order valence-corrected chi connectivity index (χ1v) is 6.54. The highest BCUT2D eigenvalue weighted by Gasteiger charge is 2.20. The molecule has 1 fully saturated rings. The molecule has 1 saturated heterocycles. The third-order valence-electron chi connectivity index (χ3n) is 3.04. The average Bonchev–Trinajstić information content (AvgIpc) is 2.25. The van der Waals surface area contributed by atoms with Crippen molar-refractivity contribution in [3.63, 3.8) is 0 Å². The summed E-state index contributed by atoms with van der Waals surface area (Å²) in [6.45, 7) is 4.67. The number of piperazine rings is 1. The van der Waals surface area contributed by atoms with E-state index in [1.54, 1.807) is 0 Å². The Morgan fingerprint density at radius 2 is 1.87 bits per heavy atom. The van der Waals surface area contributed by atoms with Crippen LogP contribution in [0.4, 0.5) is 0 Å². The Hall–Kier alpha value is -0.0300. The molecular formula is C11H20N2OS. The van der Waals surface area contributed by atoms with Crippen molar-refractivity contribution in [2.45, 2.75) is 24.2 Å². The summed E-state index contributed by atoms with van der Waals surface area (Å²) in [6.07, 6.45) is 5.93. The second-order valence-corrected chi connectivity index (χ2v) is 5.74. The van der Waals surface area contributed by atoms with Gasteiger partial charge in [0.2, 0.25) is 0 Å². The van der Waals surface area contributed by atoms with Crippen molar-refractivity contribution in [2.75, 3.05) is 33.2 Å². The van der Waals surface area contributed by atoms with E-state index in [-0.39, 0.29) is 6.10 Å². The maximum atomic E-state index is 9.35. The molecule has 0 spiro atoms. The van der Waals surface area contributed by atoms with Crippen LogP contribution in [0.25, 0.3) is 0 Å². The quantitative estimate of drug-likeness (QED) is 0.562. The van der Waals surface area contributed by atoms with Gasteiger partial charge >= 0.3 is 0 Å². The lowest BCUT2D eigenvalue weighted by Gasteiger charge is -2.33. The fraction of sp³-hybridized carbons (Fsp3) is 0.818. The zero-order chi connectivity index (χ0) is 10.7. The summed E-state index contributed by atoms with van der Waals surface area (Å²) in [6, 6.07) is 0. The highest BCUT2D eigenvalue weighted by molar-refractivity contribution is 7.97. The summed E-state index contributed by atoms with van der Waals surface area (Å²) >= 11 is 1.95. The van der Waals surface area contributed by atoms with Crippen LogP contribution in [0.2, 0.25) is 0 Å². The summed E-state index contributed by atoms with van der Waals surface area (Å²) < 4.78 is 2.46. The minimum atomic E-state index is -0.200. The summed E-state index contributed by atoms with van der Waals surface area (Å²) in [4.78, 5) is 2.37. The average molecular weight is 228 g/mol. The van der Waals surface area contributed by atoms with E-state index < -0.39 is 0 Å². The number of aliphatic hydroxyl groups excluding tert-OH is 1. The summed E-state index contributed by atoms with van der Waals surface area (Å²) in [5.41, 5.74) is 0. The molecule has 1 heterocycles. The van der Waals surface area contributed by atoms with Gasteiger partial charge in [-0.1, -0.05) is 24.1 Å². The molecule has 1 aliphatic carbocycles. The number of aliphatic hydroxyl groups is 1. The second-order valence-electron chi connectivity index (χ2n) is 4.41. The maximum absolute atomic E-state index is 9.35. The van der Waals surface area contributed by atoms with E-state index in [9.17, 15) is 5.11 Å². The van der Waals surface area contributed by atoms with Crippen LogP contribution in [0.3, 0.4) is 0 Å². The summed E-state index contributed by atoms with van der Waals surface area (Å²) in [7, 11) is 2.18. The van der Waals surface area contributed by atoms with Gasteiger partial charge in [-0.2, -0.15) is 0 Å². The van der Waals surface area contributed by atoms with Crippen LogP contribution in [-0.2, 0) is 0 Å². The SMILES string of the molecule is CN1CCN(SC2C=CC(O)CC2)CC1. The molecule has 4 heteroatoms. The lowest BCUT2D eigenvalue weighted by Crippen LogP contribution is -2.41. The van der Waals surface area contributed by atoms with Gasteiger partial charge < -0.3 is 10.0 Å². The van der Waals surface area contributed by atoms with Crippen molar-refractivity contribution in [1.82, 2.24) is 9.21 Å². The zero-order valence-electron chi connectivity index (χ0n) is 9.30. The van der Waals surface area contributed by atoms with Crippen molar-refractivity contribution >= 4 is 11.9 Å². The lowest BCUT2D eigenvalue weighted by molar-refractivity contribution is 0.204. The highest BCUT2D eigenvalue weighted by atomic mass is 32.2. The minimum Gasteiger partial charge on any atom is -0.389 e. The summed E-state index contributed by atoms with van der Waals surface area (Å²) in [5.74, 6) is 0. The molecule has 0 amide bonds. The van der Waals surface area contributed by atoms with E-state index in [4.69, 9.17) is 0 Å². The highest BCUT2D eigenvalue weighted by Crippen LogP contribution is 2.27. The molecule has 0 radical (unpaired) electrons. The van der Waals surface area contributed by atoms with E-state index in [1.807, 2.05) is 18.0 Å². The van der Waals surface area contributed by atoms with Gasteiger partial charge in [-0.25, -0.2) is 4.31 Å². The van der Waals surface area contributed by atoms with Crippen LogP contribution >= 0.6 is 11.9 Å². The number of nitrogens with zero attached hydrogens (tertiary/aromatic N) is 2. The van der Waals surface area contributed by atoms with Crippen molar-refractivity contribution in [2.24, 2.45) is 0 Å². The normalized spacial score (nSPS) is 34.5. The van der Waals surface area contributed by atoms with Crippen LogP contribution in [0.15, 0.2) is 12.2 Å². The Bertz CT molecular complexity index is 227. The van der Waals surface area contributed by atoms with E-state index in [0.29, 0.717) is 5.25 Å². The van der Waals surface area contributed by atoms with Crippen LogP contribution in [0.1, 0.15) is 12.8 Å². The van der Waals surface area contributed by atoms with Gasteiger partial charge in [0.15, 0.2) is 0 Å². The molecule has 3 nitrogen and oxygen atoms in total. The van der Waals surface area contributed by atoms with Crippen molar-refractivity contribution in [3.8, 4) is 0 Å². The molecule has 0 saturated carbocycles. The summed E-state index contributed by atoms with van der Waals surface area (Å²) in [5, 5.41) is 9.93. The predicted molar refractivity (Wildman–Crippen MR) is 64.8 cm³/mol. The van der Waals surface area contributed by atoms with Crippen LogP contribution < -0.4 is 0 Å². The van der Waals surface area contributed by atoms with E-state index in [0.717, 1.165) is 25.9 Å². The molecule has 2 atom stereocenters. The largest absolute Gasteiger partial charge is 0.389 e. The molecule has 15 heavy (non-hydrogen) atoms. The molecule has 0 aromatic rings. The van der Waals surface area contributed by atoms with Crippen molar-refractivity contribution < 1.29 is 5.11 Å². The Kier molecular flexibility index (Phi) is 4.08. The Balaban J connectivity index is 1.75. The Morgan fingerprint density at radius 1 is 1.13 bits per heavy atom. The van der Waals surface area contributed by atoms with Crippen molar-refractivity contribution in [3.05, 3.63) is 12.2 Å². The van der Waals surface area contributed by atoms with Crippen molar-refractivity contribution in [1.29, 1.82) is 0 Å². The molecule has 0 bridgehead atoms. The van der Waals surface area contributed by atoms with Gasteiger partial charge in [-0.3, -0.25) is 0 Å². The fourth-order valence-corrected chi connectivity index (χ4v) is 3.11. The third kappa shape index (κ3) is 3.48. The van der Waals surface area contributed by atoms with E-state index in [1.165, 1.54) is 13.1 Å². The maximum Gasteiger partial charge on any atom is 0.0721 e. The molecule has 1 N–H and O–H groups in total. The van der Waals surface area contributed by atoms with Gasteiger partial charge in [-0.15, -0.1) is 0 Å². The second kappa shape index (κ2) is 5.34. The standard InChI is InChI=1S/C11H20N2OS/c1-12-6-8-13(9-7-12)15-11-4-2-10(14)3-5-11/h2,4,10-11,14H,3,5-9H2,1H3. The molecule has 86 valence electrons. The Morgan fingerprint density at radius 3 is 2.47 bits per heavy atom. The number of hydrogen-bond acceptors (Lipinski definition) is 4. The first-order chi connectivity index (χ1) is 7.24. The molecule has 0 aromatic carbocycles. The fourth-order valence-electron chi connectivity index (χ4n) is 1.95. The van der Waals surface area contributed by atoms with E-state index in [2.05, 4.69) is 22.3 Å². The van der Waals surface area contributed by atoms with Gasteiger partial charge in [-0.05, 0) is 19.9 Å². The minimum absolute atomic E-state index is 0.200. The first kappa shape index (κ1) is 11.5. The number of likely N-dealkylation sites (N-methyl/N-ethyl adjacent to an activating group) is 1. The van der Waals surface area contributed by atoms with Gasteiger partial charge in [0.1, 0.15) is 0 Å².